The van der Waals surface area contributed by atoms with Gasteiger partial charge in [0.2, 0.25) is 0 Å². The molecule has 0 saturated carbocycles. The van der Waals surface area contributed by atoms with Gasteiger partial charge in [-0.25, -0.2) is 4.79 Å². The summed E-state index contributed by atoms with van der Waals surface area (Å²) in [6.45, 7) is 5.10. The Morgan fingerprint density at radius 2 is 1.21 bits per heavy atom. The molecule has 270 valence electrons. The van der Waals surface area contributed by atoms with Crippen molar-refractivity contribution < 1.29 is 19.0 Å². The number of nitrogens with zero attached hydrogens (tertiary/aromatic N) is 3. The Kier molecular flexibility index (Phi) is 9.60. The fourth-order valence-electron chi connectivity index (χ4n) is 7.80. The maximum absolute atomic E-state index is 15.5. The Morgan fingerprint density at radius 1 is 0.679 bits per heavy atom. The van der Waals surface area contributed by atoms with Gasteiger partial charge >= 0.3 is 6.03 Å². The monoisotopic (exact) mass is 707 g/mol. The number of nitrogens with two attached hydrogens (primary N) is 1. The average Bonchev–Trinajstić information content (AvgIpc) is 3.70. The average molecular weight is 708 g/mol. The highest BCUT2D eigenvalue weighted by molar-refractivity contribution is 5.89. The lowest BCUT2D eigenvalue weighted by atomic mass is 9.91. The number of hydrogen-bond donors (Lipinski definition) is 2. The Labute approximate surface area is 310 Å². The number of amides is 2. The minimum atomic E-state index is -0.855. The molecule has 0 aliphatic carbocycles. The lowest BCUT2D eigenvalue weighted by molar-refractivity contribution is -0.157. The molecule has 3 heterocycles. The second kappa shape index (κ2) is 14.8. The summed E-state index contributed by atoms with van der Waals surface area (Å²) in [5, 5.41) is 8.03. The number of aromatic nitrogens is 2. The van der Waals surface area contributed by atoms with Crippen LogP contribution in [-0.2, 0) is 42.0 Å². The number of nitrogen functional groups attached to an aromatic ring is 1. The molecule has 0 bridgehead atoms. The molecule has 2 fully saturated rings. The zero-order valence-corrected chi connectivity index (χ0v) is 30.1. The van der Waals surface area contributed by atoms with Gasteiger partial charge in [0.25, 0.3) is 0 Å². The van der Waals surface area contributed by atoms with Crippen molar-refractivity contribution in [1.82, 2.24) is 20.0 Å². The maximum Gasteiger partial charge on any atom is 0.321 e. The van der Waals surface area contributed by atoms with Gasteiger partial charge in [-0.15, -0.1) is 0 Å². The highest BCUT2D eigenvalue weighted by Gasteiger charge is 2.55. The second-order valence-corrected chi connectivity index (χ2v) is 14.5. The largest absolute Gasteiger partial charge is 0.489 e. The summed E-state index contributed by atoms with van der Waals surface area (Å²) < 4.78 is 20.0. The molecule has 9 heteroatoms. The van der Waals surface area contributed by atoms with Crippen molar-refractivity contribution in [2.75, 3.05) is 5.73 Å². The summed E-state index contributed by atoms with van der Waals surface area (Å²) in [5.74, 6) is 0.322. The number of carbonyl (C=O) groups is 1. The second-order valence-electron chi connectivity index (χ2n) is 14.5. The number of carbonyl (C=O) groups excluding carboxylic acids is 1. The molecule has 0 spiro atoms. The van der Waals surface area contributed by atoms with Gasteiger partial charge in [0.1, 0.15) is 24.6 Å². The first-order chi connectivity index (χ1) is 25.8. The third kappa shape index (κ3) is 7.63. The van der Waals surface area contributed by atoms with Crippen molar-refractivity contribution >= 4 is 22.8 Å². The van der Waals surface area contributed by atoms with Crippen molar-refractivity contribution in [3.8, 4) is 5.75 Å². The number of H-pyrrole nitrogens is 1. The third-order valence-electron chi connectivity index (χ3n) is 10.3. The van der Waals surface area contributed by atoms with Crippen LogP contribution in [0.2, 0.25) is 0 Å². The summed E-state index contributed by atoms with van der Waals surface area (Å²) in [6, 6.07) is 44.1. The van der Waals surface area contributed by atoms with Crippen molar-refractivity contribution in [2.45, 2.75) is 76.5 Å². The molecule has 5 aromatic carbocycles. The molecule has 2 amide bonds. The predicted octanol–water partition coefficient (Wildman–Crippen LogP) is 7.90. The maximum atomic E-state index is 15.5. The van der Waals surface area contributed by atoms with Gasteiger partial charge < -0.3 is 29.7 Å². The molecule has 6 aromatic rings. The van der Waals surface area contributed by atoms with Gasteiger partial charge in [-0.05, 0) is 78.8 Å². The normalized spacial score (nSPS) is 21.1. The van der Waals surface area contributed by atoms with E-state index in [1.165, 1.54) is 0 Å². The van der Waals surface area contributed by atoms with Gasteiger partial charge in [-0.3, -0.25) is 5.10 Å². The Balaban J connectivity index is 1.21. The molecule has 9 nitrogen and oxygen atoms in total. The van der Waals surface area contributed by atoms with Gasteiger partial charge in [-0.2, -0.15) is 5.10 Å². The van der Waals surface area contributed by atoms with Crippen LogP contribution in [0.4, 0.5) is 10.6 Å². The minimum absolute atomic E-state index is 0.0814. The summed E-state index contributed by atoms with van der Waals surface area (Å²) in [7, 11) is 0. The van der Waals surface area contributed by atoms with Crippen LogP contribution < -0.4 is 10.5 Å². The van der Waals surface area contributed by atoms with E-state index in [0.29, 0.717) is 38.4 Å². The fourth-order valence-corrected chi connectivity index (χ4v) is 7.80. The zero-order valence-electron chi connectivity index (χ0n) is 30.1. The van der Waals surface area contributed by atoms with E-state index >= 15 is 4.79 Å². The molecule has 0 radical (unpaired) electrons. The van der Waals surface area contributed by atoms with Crippen molar-refractivity contribution in [2.24, 2.45) is 0 Å². The lowest BCUT2D eigenvalue weighted by Crippen LogP contribution is -2.51. The number of benzene rings is 5. The molecule has 8 rings (SSSR count). The molecular formula is C44H45N5O4. The Hall–Kier alpha value is -5.64. The predicted molar refractivity (Wildman–Crippen MR) is 206 cm³/mol. The highest BCUT2D eigenvalue weighted by atomic mass is 16.8. The van der Waals surface area contributed by atoms with Gasteiger partial charge in [0.15, 0.2) is 11.6 Å². The van der Waals surface area contributed by atoms with Gasteiger partial charge in [-0.1, -0.05) is 109 Å². The summed E-state index contributed by atoms with van der Waals surface area (Å²) >= 11 is 0. The smallest absolute Gasteiger partial charge is 0.321 e. The number of ether oxygens (including phenoxy) is 3. The van der Waals surface area contributed by atoms with E-state index in [0.717, 1.165) is 44.5 Å². The van der Waals surface area contributed by atoms with E-state index in [9.17, 15) is 0 Å². The molecule has 0 unspecified atom stereocenters. The number of anilines is 1. The molecule has 2 aliphatic heterocycles. The molecule has 4 atom stereocenters. The quantitative estimate of drug-likeness (QED) is 0.142. The van der Waals surface area contributed by atoms with E-state index in [1.807, 2.05) is 115 Å². The van der Waals surface area contributed by atoms with Crippen LogP contribution in [-0.4, -0.2) is 56.1 Å². The van der Waals surface area contributed by atoms with Crippen LogP contribution in [0.15, 0.2) is 133 Å². The molecule has 2 aliphatic rings. The molecule has 1 aromatic heterocycles. The molecule has 53 heavy (non-hydrogen) atoms. The number of hydrogen-bond acceptors (Lipinski definition) is 6. The van der Waals surface area contributed by atoms with Crippen molar-refractivity contribution in [3.63, 3.8) is 0 Å². The summed E-state index contributed by atoms with van der Waals surface area (Å²) in [4.78, 5) is 19.5. The van der Waals surface area contributed by atoms with Gasteiger partial charge in [0, 0.05) is 18.5 Å². The molecule has 2 saturated heterocycles. The first-order valence-electron chi connectivity index (χ1n) is 18.3. The number of rotatable bonds is 11. The van der Waals surface area contributed by atoms with Crippen LogP contribution in [0, 0.1) is 0 Å². The standard InChI is InChI=1S/C44H45N5O4/c1-44(2)52-40-38(25-30-13-6-3-7-14-30)48(27-33-19-12-20-35(23-33)51-29-32-17-10-5-11-18-32)43(50)49(28-34-21-22-37-36(24-34)42(45)47-46-37)39(41(40)53-44)26-31-15-8-4-9-16-31/h3-24,38-41H,25-29H2,1-2H3,(H3,45,46,47)/t38-,39-,40+,41+/m1/s1. The number of fused-ring (bicyclic) bond motifs is 2. The highest BCUT2D eigenvalue weighted by Crippen LogP contribution is 2.41. The minimum Gasteiger partial charge on any atom is -0.489 e. The van der Waals surface area contributed by atoms with Crippen LogP contribution >= 0.6 is 0 Å². The van der Waals surface area contributed by atoms with Crippen LogP contribution in [0.25, 0.3) is 10.9 Å². The number of aromatic amines is 1. The van der Waals surface area contributed by atoms with Crippen molar-refractivity contribution in [1.29, 1.82) is 0 Å². The van der Waals surface area contributed by atoms with Crippen LogP contribution in [0.5, 0.6) is 5.75 Å². The van der Waals surface area contributed by atoms with Crippen LogP contribution in [0.3, 0.4) is 0 Å². The first-order valence-corrected chi connectivity index (χ1v) is 18.3. The van der Waals surface area contributed by atoms with Gasteiger partial charge in [0.05, 0.1) is 17.6 Å². The Morgan fingerprint density at radius 3 is 1.79 bits per heavy atom. The molecular weight excluding hydrogens is 663 g/mol. The third-order valence-corrected chi connectivity index (χ3v) is 10.3. The number of nitrogens with one attached hydrogen (secondary N) is 1. The fraction of sp³-hybridized carbons (Fsp3) is 0.273. The first kappa shape index (κ1) is 34.4. The van der Waals surface area contributed by atoms with E-state index in [4.69, 9.17) is 19.9 Å². The summed E-state index contributed by atoms with van der Waals surface area (Å²) in [5.41, 5.74) is 12.3. The summed E-state index contributed by atoms with van der Waals surface area (Å²) in [6.07, 6.45) is 0.382. The SMILES string of the molecule is CC1(C)O[C@@H]2[C@@H](O1)[C@@H](Cc1ccccc1)N(Cc1ccc3[nH]nc(N)c3c1)C(=O)N(Cc1cccc(OCc3ccccc3)c1)[C@@H]2Cc1ccccc1. The van der Waals surface area contributed by atoms with E-state index in [1.54, 1.807) is 0 Å². The zero-order chi connectivity index (χ0) is 36.4. The molecule has 3 N–H and O–H groups in total. The van der Waals surface area contributed by atoms with Crippen LogP contribution in [0.1, 0.15) is 41.7 Å². The number of urea groups is 1. The van der Waals surface area contributed by atoms with E-state index < -0.39 is 18.0 Å². The topological polar surface area (TPSA) is 106 Å². The Bertz CT molecular complexity index is 2160. The van der Waals surface area contributed by atoms with E-state index in [2.05, 4.69) is 52.7 Å². The lowest BCUT2D eigenvalue weighted by Gasteiger charge is -2.37. The van der Waals surface area contributed by atoms with E-state index in [-0.39, 0.29) is 18.1 Å². The van der Waals surface area contributed by atoms with Crippen molar-refractivity contribution in [3.05, 3.63) is 161 Å².